The number of carbonyl (C=O) groups excluding carboxylic acids is 3. The predicted octanol–water partition coefficient (Wildman–Crippen LogP) is 3.25. The lowest BCUT2D eigenvalue weighted by Crippen LogP contribution is -2.53. The molecule has 4 heterocycles. The SMILES string of the molecule is CN(c1c[nH]c2cnccc12)c1ccc2c3c(cccc13)C(=O)N2C1CCC(=O)NC1=O. The summed E-state index contributed by atoms with van der Waals surface area (Å²) in [5.74, 6) is -0.936. The number of piperidine rings is 1. The Morgan fingerprint density at radius 3 is 2.78 bits per heavy atom. The molecular formula is C24H19N5O3. The van der Waals surface area contributed by atoms with Crippen molar-refractivity contribution >= 4 is 56.5 Å². The minimum atomic E-state index is -0.694. The molecule has 8 heteroatoms. The summed E-state index contributed by atoms with van der Waals surface area (Å²) in [6, 6.07) is 10.8. The molecule has 1 fully saturated rings. The quantitative estimate of drug-likeness (QED) is 0.491. The van der Waals surface area contributed by atoms with Crippen LogP contribution in [-0.4, -0.2) is 40.8 Å². The van der Waals surface area contributed by atoms with Crippen molar-refractivity contribution < 1.29 is 14.4 Å². The molecule has 0 saturated carbocycles. The molecule has 2 aliphatic heterocycles. The van der Waals surface area contributed by atoms with Gasteiger partial charge >= 0.3 is 0 Å². The van der Waals surface area contributed by atoms with E-state index in [4.69, 9.17) is 0 Å². The fourth-order valence-electron chi connectivity index (χ4n) is 4.89. The molecule has 3 amide bonds. The molecule has 2 aromatic carbocycles. The lowest BCUT2D eigenvalue weighted by atomic mass is 10.0. The number of pyridine rings is 1. The van der Waals surface area contributed by atoms with Gasteiger partial charge in [-0.1, -0.05) is 12.1 Å². The standard InChI is InChI=1S/C24H19N5O3/c1-28(20-12-26-16-11-25-10-9-13(16)20)17-5-6-18-22-14(17)3-2-4-15(22)24(32)29(18)19-7-8-21(30)27-23(19)31/h2-6,9-12,19,26H,7-8H2,1H3,(H,27,30,31). The van der Waals surface area contributed by atoms with Gasteiger partial charge in [-0.25, -0.2) is 0 Å². The second-order valence-electron chi connectivity index (χ2n) is 8.13. The number of fused-ring (bicyclic) bond motifs is 1. The van der Waals surface area contributed by atoms with E-state index in [0.29, 0.717) is 17.7 Å². The monoisotopic (exact) mass is 425 g/mol. The van der Waals surface area contributed by atoms with E-state index in [1.54, 1.807) is 23.4 Å². The van der Waals surface area contributed by atoms with E-state index in [9.17, 15) is 14.4 Å². The molecule has 32 heavy (non-hydrogen) atoms. The van der Waals surface area contributed by atoms with Crippen LogP contribution < -0.4 is 15.1 Å². The lowest BCUT2D eigenvalue weighted by molar-refractivity contribution is -0.134. The Hall–Kier alpha value is -4.20. The largest absolute Gasteiger partial charge is 0.358 e. The zero-order valence-electron chi connectivity index (χ0n) is 17.3. The highest BCUT2D eigenvalue weighted by atomic mass is 16.2. The number of hydrogen-bond donors (Lipinski definition) is 2. The summed E-state index contributed by atoms with van der Waals surface area (Å²) < 4.78 is 0. The normalized spacial score (nSPS) is 18.0. The van der Waals surface area contributed by atoms with Crippen LogP contribution >= 0.6 is 0 Å². The molecule has 6 rings (SSSR count). The van der Waals surface area contributed by atoms with Crippen molar-refractivity contribution in [2.45, 2.75) is 18.9 Å². The maximum absolute atomic E-state index is 13.3. The van der Waals surface area contributed by atoms with Crippen molar-refractivity contribution in [2.75, 3.05) is 16.8 Å². The zero-order chi connectivity index (χ0) is 22.0. The number of aromatic amines is 1. The molecule has 8 nitrogen and oxygen atoms in total. The summed E-state index contributed by atoms with van der Waals surface area (Å²) in [7, 11) is 1.99. The number of aromatic nitrogens is 2. The lowest BCUT2D eigenvalue weighted by Gasteiger charge is -2.30. The van der Waals surface area contributed by atoms with Crippen molar-refractivity contribution in [3.05, 3.63) is 60.6 Å². The summed E-state index contributed by atoms with van der Waals surface area (Å²) in [5.41, 5.74) is 4.16. The second-order valence-corrected chi connectivity index (χ2v) is 8.13. The summed E-state index contributed by atoms with van der Waals surface area (Å²) >= 11 is 0. The second kappa shape index (κ2) is 6.65. The Morgan fingerprint density at radius 2 is 1.94 bits per heavy atom. The number of amides is 3. The Balaban J connectivity index is 1.49. The van der Waals surface area contributed by atoms with Gasteiger partial charge in [0, 0.05) is 53.3 Å². The number of nitrogens with one attached hydrogen (secondary N) is 2. The van der Waals surface area contributed by atoms with Crippen LogP contribution in [-0.2, 0) is 9.59 Å². The summed E-state index contributed by atoms with van der Waals surface area (Å²) in [5, 5.41) is 5.16. The summed E-state index contributed by atoms with van der Waals surface area (Å²) in [6.07, 6.45) is 6.03. The van der Waals surface area contributed by atoms with Gasteiger partial charge in [-0.3, -0.25) is 29.6 Å². The van der Waals surface area contributed by atoms with Crippen molar-refractivity contribution in [1.29, 1.82) is 0 Å². The minimum absolute atomic E-state index is 0.210. The van der Waals surface area contributed by atoms with Crippen LogP contribution in [0.2, 0.25) is 0 Å². The zero-order valence-corrected chi connectivity index (χ0v) is 17.3. The highest BCUT2D eigenvalue weighted by Gasteiger charge is 2.41. The Labute approximate surface area is 182 Å². The number of carbonyl (C=O) groups is 3. The number of benzene rings is 2. The van der Waals surface area contributed by atoms with E-state index in [-0.39, 0.29) is 18.2 Å². The van der Waals surface area contributed by atoms with Crippen molar-refractivity contribution in [3.63, 3.8) is 0 Å². The van der Waals surface area contributed by atoms with Crippen LogP contribution in [0.3, 0.4) is 0 Å². The topological polar surface area (TPSA) is 98.4 Å². The van der Waals surface area contributed by atoms with E-state index in [0.717, 1.165) is 33.1 Å². The summed E-state index contributed by atoms with van der Waals surface area (Å²) in [4.78, 5) is 48.5. The average Bonchev–Trinajstić information content (AvgIpc) is 3.35. The first-order valence-corrected chi connectivity index (χ1v) is 10.4. The Kier molecular flexibility index (Phi) is 3.86. The highest BCUT2D eigenvalue weighted by Crippen LogP contribution is 2.44. The molecule has 1 unspecified atom stereocenters. The number of hydrogen-bond acceptors (Lipinski definition) is 5. The van der Waals surface area contributed by atoms with Crippen LogP contribution in [0, 0.1) is 0 Å². The van der Waals surface area contributed by atoms with Crippen LogP contribution in [0.4, 0.5) is 17.1 Å². The fourth-order valence-corrected chi connectivity index (χ4v) is 4.89. The third-order valence-corrected chi connectivity index (χ3v) is 6.41. The van der Waals surface area contributed by atoms with Gasteiger partial charge in [0.25, 0.3) is 5.91 Å². The number of H-pyrrole nitrogens is 1. The fraction of sp³-hybridized carbons (Fsp3) is 0.167. The molecule has 0 aliphatic carbocycles. The molecule has 0 radical (unpaired) electrons. The van der Waals surface area contributed by atoms with Gasteiger partial charge in [-0.15, -0.1) is 0 Å². The first-order chi connectivity index (χ1) is 15.5. The molecule has 158 valence electrons. The maximum Gasteiger partial charge on any atom is 0.259 e. The van der Waals surface area contributed by atoms with E-state index < -0.39 is 11.9 Å². The van der Waals surface area contributed by atoms with Crippen molar-refractivity contribution in [1.82, 2.24) is 15.3 Å². The van der Waals surface area contributed by atoms with Crippen LogP contribution in [0.15, 0.2) is 55.0 Å². The molecule has 2 aromatic heterocycles. The minimum Gasteiger partial charge on any atom is -0.358 e. The molecule has 2 aliphatic rings. The molecule has 0 bridgehead atoms. The molecule has 1 atom stereocenters. The molecule has 1 saturated heterocycles. The van der Waals surface area contributed by atoms with Crippen molar-refractivity contribution in [3.8, 4) is 0 Å². The molecule has 2 N–H and O–H groups in total. The Morgan fingerprint density at radius 1 is 1.06 bits per heavy atom. The maximum atomic E-state index is 13.3. The number of rotatable bonds is 3. The van der Waals surface area contributed by atoms with Gasteiger partial charge in [0.1, 0.15) is 6.04 Å². The molecule has 0 spiro atoms. The molecule has 4 aromatic rings. The average molecular weight is 425 g/mol. The van der Waals surface area contributed by atoms with Gasteiger partial charge < -0.3 is 9.88 Å². The third-order valence-electron chi connectivity index (χ3n) is 6.41. The smallest absolute Gasteiger partial charge is 0.259 e. The van der Waals surface area contributed by atoms with Gasteiger partial charge in [0.15, 0.2) is 0 Å². The van der Waals surface area contributed by atoms with Gasteiger partial charge in [0.2, 0.25) is 11.8 Å². The highest BCUT2D eigenvalue weighted by molar-refractivity contribution is 6.28. The van der Waals surface area contributed by atoms with Crippen LogP contribution in [0.5, 0.6) is 0 Å². The van der Waals surface area contributed by atoms with E-state index >= 15 is 0 Å². The van der Waals surface area contributed by atoms with E-state index in [2.05, 4.69) is 20.2 Å². The molecular weight excluding hydrogens is 406 g/mol. The van der Waals surface area contributed by atoms with Crippen molar-refractivity contribution in [2.24, 2.45) is 0 Å². The van der Waals surface area contributed by atoms with Gasteiger partial charge in [-0.2, -0.15) is 0 Å². The van der Waals surface area contributed by atoms with Crippen LogP contribution in [0.25, 0.3) is 21.7 Å². The van der Waals surface area contributed by atoms with Gasteiger partial charge in [-0.05, 0) is 30.7 Å². The van der Waals surface area contributed by atoms with Gasteiger partial charge in [0.05, 0.1) is 23.1 Å². The van der Waals surface area contributed by atoms with E-state index in [1.807, 2.05) is 43.6 Å². The number of imide groups is 1. The number of nitrogens with zero attached hydrogens (tertiary/aromatic N) is 3. The first-order valence-electron chi connectivity index (χ1n) is 10.4. The number of anilines is 3. The predicted molar refractivity (Wildman–Crippen MR) is 121 cm³/mol. The third kappa shape index (κ3) is 2.49. The van der Waals surface area contributed by atoms with E-state index in [1.165, 1.54) is 0 Å². The van der Waals surface area contributed by atoms with Crippen LogP contribution in [0.1, 0.15) is 23.2 Å². The first kappa shape index (κ1) is 18.6. The summed E-state index contributed by atoms with van der Waals surface area (Å²) in [6.45, 7) is 0. The Bertz CT molecular complexity index is 1460.